The van der Waals surface area contributed by atoms with Crippen molar-refractivity contribution >= 4 is 22.9 Å². The lowest BCUT2D eigenvalue weighted by molar-refractivity contribution is 1.11. The lowest BCUT2D eigenvalue weighted by atomic mass is 10.2. The largest absolute Gasteiger partial charge is 0.247 e. The number of halogens is 1. The Labute approximate surface area is 63.7 Å². The van der Waals surface area contributed by atoms with Crippen molar-refractivity contribution in [3.05, 3.63) is 21.5 Å². The van der Waals surface area contributed by atoms with Crippen molar-refractivity contribution in [2.24, 2.45) is 0 Å². The summed E-state index contributed by atoms with van der Waals surface area (Å²) in [6.45, 7) is 4.05. The summed E-state index contributed by atoms with van der Waals surface area (Å²) in [7, 11) is 0. The molecule has 0 atom stereocenters. The summed E-state index contributed by atoms with van der Waals surface area (Å²) >= 11 is 7.16. The maximum absolute atomic E-state index is 5.65. The molecule has 1 rings (SSSR count). The second kappa shape index (κ2) is 2.67. The van der Waals surface area contributed by atoms with Crippen molar-refractivity contribution in [2.75, 3.05) is 0 Å². The van der Waals surface area contributed by atoms with E-state index in [0.29, 0.717) is 0 Å². The summed E-state index contributed by atoms with van der Waals surface area (Å²) in [6, 6.07) is 0. The molecule has 1 aromatic rings. The second-order valence-electron chi connectivity index (χ2n) is 1.97. The lowest BCUT2D eigenvalue weighted by Gasteiger charge is -1.93. The van der Waals surface area contributed by atoms with Crippen molar-refractivity contribution in [1.82, 2.24) is 4.98 Å². The molecule has 1 aromatic heterocycles. The van der Waals surface area contributed by atoms with E-state index >= 15 is 0 Å². The van der Waals surface area contributed by atoms with Crippen LogP contribution in [0.4, 0.5) is 0 Å². The van der Waals surface area contributed by atoms with E-state index in [1.165, 1.54) is 17.3 Å². The zero-order valence-electron chi connectivity index (χ0n) is 5.31. The minimum absolute atomic E-state index is 0.756. The molecule has 0 bridgehead atoms. The fourth-order valence-electron chi connectivity index (χ4n) is 0.486. The van der Waals surface area contributed by atoms with E-state index in [-0.39, 0.29) is 0 Å². The highest BCUT2D eigenvalue weighted by atomic mass is 35.5. The van der Waals surface area contributed by atoms with E-state index in [4.69, 9.17) is 11.6 Å². The van der Waals surface area contributed by atoms with E-state index in [0.717, 1.165) is 9.34 Å². The molecule has 0 amide bonds. The van der Waals surface area contributed by atoms with Gasteiger partial charge in [-0.25, -0.2) is 4.98 Å². The first kappa shape index (κ1) is 7.03. The Bertz CT molecular complexity index is 195. The predicted molar refractivity (Wildman–Crippen MR) is 40.8 cm³/mol. The van der Waals surface area contributed by atoms with Crippen LogP contribution >= 0.6 is 22.9 Å². The van der Waals surface area contributed by atoms with E-state index in [1.54, 1.807) is 6.20 Å². The topological polar surface area (TPSA) is 12.9 Å². The summed E-state index contributed by atoms with van der Waals surface area (Å²) < 4.78 is 0.756. The number of rotatable bonds is 1. The molecule has 1 nitrogen and oxygen atoms in total. The Morgan fingerprint density at radius 3 is 2.56 bits per heavy atom. The normalized spacial score (nSPS) is 10.7. The second-order valence-corrected chi connectivity index (χ2v) is 3.63. The van der Waals surface area contributed by atoms with Crippen molar-refractivity contribution in [3.63, 3.8) is 0 Å². The Balaban J connectivity index is 2.85. The van der Waals surface area contributed by atoms with Crippen LogP contribution in [-0.4, -0.2) is 4.98 Å². The Hall–Kier alpha value is -0.0800. The van der Waals surface area contributed by atoms with Gasteiger partial charge in [-0.2, -0.15) is 0 Å². The molecule has 3 heteroatoms. The van der Waals surface area contributed by atoms with Crippen molar-refractivity contribution < 1.29 is 0 Å². The molecule has 0 aliphatic heterocycles. The molecule has 0 saturated carbocycles. The van der Waals surface area contributed by atoms with Crippen molar-refractivity contribution in [3.8, 4) is 0 Å². The molecule has 1 heterocycles. The van der Waals surface area contributed by atoms with Gasteiger partial charge in [0.1, 0.15) is 9.34 Å². The van der Waals surface area contributed by atoms with Crippen molar-refractivity contribution in [1.29, 1.82) is 0 Å². The molecule has 0 saturated heterocycles. The van der Waals surface area contributed by atoms with E-state index in [1.807, 2.05) is 13.8 Å². The third-order valence-electron chi connectivity index (χ3n) is 0.905. The maximum Gasteiger partial charge on any atom is 0.113 e. The van der Waals surface area contributed by atoms with Crippen LogP contribution in [0.15, 0.2) is 6.20 Å². The molecular weight excluding hydrogens is 154 g/mol. The summed E-state index contributed by atoms with van der Waals surface area (Å²) in [4.78, 5) is 4.06. The van der Waals surface area contributed by atoms with Gasteiger partial charge in [-0.15, -0.1) is 11.3 Å². The molecule has 0 unspecified atom stereocenters. The van der Waals surface area contributed by atoms with Gasteiger partial charge >= 0.3 is 0 Å². The quantitative estimate of drug-likeness (QED) is 0.616. The van der Waals surface area contributed by atoms with E-state index < -0.39 is 0 Å². The van der Waals surface area contributed by atoms with Gasteiger partial charge < -0.3 is 0 Å². The third kappa shape index (κ3) is 1.66. The number of hydrogen-bond donors (Lipinski definition) is 0. The van der Waals surface area contributed by atoms with Gasteiger partial charge in [0.2, 0.25) is 0 Å². The summed E-state index contributed by atoms with van der Waals surface area (Å²) in [6.07, 6.45) is 1.68. The predicted octanol–water partition coefficient (Wildman–Crippen LogP) is 2.76. The van der Waals surface area contributed by atoms with Gasteiger partial charge in [-0.3, -0.25) is 0 Å². The molecule has 0 spiro atoms. The minimum Gasteiger partial charge on any atom is -0.247 e. The van der Waals surface area contributed by atoms with Gasteiger partial charge in [0.25, 0.3) is 0 Å². The van der Waals surface area contributed by atoms with Gasteiger partial charge in [0.15, 0.2) is 0 Å². The first-order chi connectivity index (χ1) is 4.20. The molecule has 0 fully saturated rings. The summed E-state index contributed by atoms with van der Waals surface area (Å²) in [5.74, 6) is 1.21. The number of thiazole rings is 1. The SMILES string of the molecule is C[C](C)c1ncc(Cl)s1. The van der Waals surface area contributed by atoms with Crippen molar-refractivity contribution in [2.45, 2.75) is 13.8 Å². The molecule has 0 aliphatic rings. The number of hydrogen-bond acceptors (Lipinski definition) is 2. The zero-order chi connectivity index (χ0) is 6.85. The van der Waals surface area contributed by atoms with Crippen LogP contribution < -0.4 is 0 Å². The zero-order valence-corrected chi connectivity index (χ0v) is 6.88. The number of nitrogens with zero attached hydrogens (tertiary/aromatic N) is 1. The summed E-state index contributed by atoms with van der Waals surface area (Å²) in [5.41, 5.74) is 0. The molecule has 0 aromatic carbocycles. The van der Waals surface area contributed by atoms with Crippen LogP contribution in [0.3, 0.4) is 0 Å². The van der Waals surface area contributed by atoms with Gasteiger partial charge in [-0.1, -0.05) is 25.4 Å². The maximum atomic E-state index is 5.65. The molecule has 0 N–H and O–H groups in total. The van der Waals surface area contributed by atoms with Gasteiger partial charge in [0, 0.05) is 5.92 Å². The highest BCUT2D eigenvalue weighted by Gasteiger charge is 2.03. The molecule has 0 aliphatic carbocycles. The van der Waals surface area contributed by atoms with Crippen LogP contribution in [0.5, 0.6) is 0 Å². The Kier molecular flexibility index (Phi) is 2.09. The first-order valence-electron chi connectivity index (χ1n) is 2.62. The average molecular weight is 161 g/mol. The van der Waals surface area contributed by atoms with Gasteiger partial charge in [0.05, 0.1) is 6.20 Å². The standard InChI is InChI=1S/C6H7ClNS/c1-4(2)6-8-3-5(7)9-6/h3H,1-2H3. The fourth-order valence-corrected chi connectivity index (χ4v) is 1.35. The average Bonchev–Trinajstić information content (AvgIpc) is 2.14. The monoisotopic (exact) mass is 160 g/mol. The Morgan fingerprint density at radius 2 is 2.33 bits per heavy atom. The van der Waals surface area contributed by atoms with E-state index in [2.05, 4.69) is 4.98 Å². The molecular formula is C6H7ClNS. The van der Waals surface area contributed by atoms with Gasteiger partial charge in [-0.05, 0) is 0 Å². The number of aromatic nitrogens is 1. The summed E-state index contributed by atoms with van der Waals surface area (Å²) in [5, 5.41) is 1.03. The fraction of sp³-hybridized carbons (Fsp3) is 0.333. The molecule has 49 valence electrons. The van der Waals surface area contributed by atoms with Crippen LogP contribution in [0.25, 0.3) is 0 Å². The van der Waals surface area contributed by atoms with Crippen LogP contribution in [0.1, 0.15) is 18.9 Å². The lowest BCUT2D eigenvalue weighted by Crippen LogP contribution is -1.83. The highest BCUT2D eigenvalue weighted by Crippen LogP contribution is 2.23. The van der Waals surface area contributed by atoms with Crippen LogP contribution in [-0.2, 0) is 0 Å². The Morgan fingerprint density at radius 1 is 1.67 bits per heavy atom. The highest BCUT2D eigenvalue weighted by molar-refractivity contribution is 7.16. The first-order valence-corrected chi connectivity index (χ1v) is 3.81. The minimum atomic E-state index is 0.756. The molecule has 1 radical (unpaired) electrons. The third-order valence-corrected chi connectivity index (χ3v) is 2.24. The molecule has 9 heavy (non-hydrogen) atoms. The van der Waals surface area contributed by atoms with E-state index in [9.17, 15) is 0 Å². The van der Waals surface area contributed by atoms with Crippen LogP contribution in [0, 0.1) is 5.92 Å². The smallest absolute Gasteiger partial charge is 0.113 e. The van der Waals surface area contributed by atoms with Crippen LogP contribution in [0.2, 0.25) is 4.34 Å².